The molecule has 6 nitrogen and oxygen atoms in total. The smallest absolute Gasteiger partial charge is 0.241 e. The minimum Gasteiger partial charge on any atom is -0.325 e. The first-order valence-electron chi connectivity index (χ1n) is 7.82. The normalized spacial score (nSPS) is 11.1. The zero-order chi connectivity index (χ0) is 18.4. The van der Waals surface area contributed by atoms with E-state index >= 15 is 0 Å². The number of amides is 1. The zero-order valence-corrected chi connectivity index (χ0v) is 14.9. The van der Waals surface area contributed by atoms with E-state index in [1.807, 2.05) is 19.1 Å². The predicted octanol–water partition coefficient (Wildman–Crippen LogP) is 2.37. The first-order valence-corrected chi connectivity index (χ1v) is 9.30. The Balaban J connectivity index is 2.05. The van der Waals surface area contributed by atoms with Crippen molar-refractivity contribution >= 4 is 27.4 Å². The fourth-order valence-corrected chi connectivity index (χ4v) is 3.30. The van der Waals surface area contributed by atoms with E-state index < -0.39 is 22.5 Å². The maximum atomic E-state index is 12.3. The number of aryl methyl sites for hydroxylation is 1. The molecule has 0 fully saturated rings. The fraction of sp³-hybridized carbons (Fsp3) is 0.222. The van der Waals surface area contributed by atoms with Gasteiger partial charge in [0, 0.05) is 11.3 Å². The van der Waals surface area contributed by atoms with Gasteiger partial charge in [0.25, 0.3) is 0 Å². The number of sulfonamides is 1. The van der Waals surface area contributed by atoms with Crippen LogP contribution in [0.4, 0.5) is 5.69 Å². The minimum absolute atomic E-state index is 0.0537. The molecular formula is C18H20N2O4S. The topological polar surface area (TPSA) is 92.3 Å². The van der Waals surface area contributed by atoms with Crippen molar-refractivity contribution in [3.05, 3.63) is 59.7 Å². The van der Waals surface area contributed by atoms with Gasteiger partial charge < -0.3 is 5.32 Å². The Morgan fingerprint density at radius 3 is 2.44 bits per heavy atom. The lowest BCUT2D eigenvalue weighted by Gasteiger charge is -2.11. The summed E-state index contributed by atoms with van der Waals surface area (Å²) in [4.78, 5) is 23.4. The second-order valence-electron chi connectivity index (χ2n) is 5.47. The molecule has 0 aromatic heterocycles. The highest BCUT2D eigenvalue weighted by Crippen LogP contribution is 2.15. The van der Waals surface area contributed by atoms with Crippen LogP contribution < -0.4 is 10.0 Å². The van der Waals surface area contributed by atoms with Crippen LogP contribution in [0.1, 0.15) is 29.8 Å². The van der Waals surface area contributed by atoms with Gasteiger partial charge in [-0.25, -0.2) is 13.1 Å². The van der Waals surface area contributed by atoms with E-state index in [0.717, 1.165) is 12.0 Å². The van der Waals surface area contributed by atoms with E-state index in [1.165, 1.54) is 31.2 Å². The van der Waals surface area contributed by atoms with Gasteiger partial charge in [0.2, 0.25) is 15.9 Å². The monoisotopic (exact) mass is 360 g/mol. The number of hydrogen-bond donors (Lipinski definition) is 2. The van der Waals surface area contributed by atoms with Gasteiger partial charge in [-0.15, -0.1) is 0 Å². The highest BCUT2D eigenvalue weighted by Gasteiger charge is 2.17. The molecule has 0 atom stereocenters. The standard InChI is InChI=1S/C18H20N2O4S/c1-3-14-7-4-5-10-17(14)20-18(22)12-19-25(23,24)16-9-6-8-15(11-16)13(2)21/h4-11,19H,3,12H2,1-2H3,(H,20,22). The van der Waals surface area contributed by atoms with Crippen molar-refractivity contribution in [1.29, 1.82) is 0 Å². The fourth-order valence-electron chi connectivity index (χ4n) is 2.27. The lowest BCUT2D eigenvalue weighted by molar-refractivity contribution is -0.115. The lowest BCUT2D eigenvalue weighted by atomic mass is 10.1. The molecule has 0 bridgehead atoms. The SMILES string of the molecule is CCc1ccccc1NC(=O)CNS(=O)(=O)c1cccc(C(C)=O)c1. The zero-order valence-electron chi connectivity index (χ0n) is 14.1. The van der Waals surface area contributed by atoms with Gasteiger partial charge in [-0.2, -0.15) is 0 Å². The predicted molar refractivity (Wildman–Crippen MR) is 96.1 cm³/mol. The van der Waals surface area contributed by atoms with Crippen LogP contribution in [0.15, 0.2) is 53.4 Å². The number of rotatable bonds is 7. The third kappa shape index (κ3) is 4.98. The third-order valence-electron chi connectivity index (χ3n) is 3.65. The van der Waals surface area contributed by atoms with Crippen LogP contribution in [0.2, 0.25) is 0 Å². The average Bonchev–Trinajstić information content (AvgIpc) is 2.60. The summed E-state index contributed by atoms with van der Waals surface area (Å²) in [6.07, 6.45) is 0.750. The highest BCUT2D eigenvalue weighted by atomic mass is 32.2. The molecule has 132 valence electrons. The van der Waals surface area contributed by atoms with Crippen molar-refractivity contribution < 1.29 is 18.0 Å². The van der Waals surface area contributed by atoms with E-state index in [-0.39, 0.29) is 10.7 Å². The molecule has 2 rings (SSSR count). The van der Waals surface area contributed by atoms with Crippen molar-refractivity contribution in [2.75, 3.05) is 11.9 Å². The quantitative estimate of drug-likeness (QED) is 0.742. The van der Waals surface area contributed by atoms with Crippen LogP contribution in [0.5, 0.6) is 0 Å². The Bertz CT molecular complexity index is 891. The highest BCUT2D eigenvalue weighted by molar-refractivity contribution is 7.89. The molecule has 2 N–H and O–H groups in total. The van der Waals surface area contributed by atoms with Crippen LogP contribution in [-0.2, 0) is 21.2 Å². The second-order valence-corrected chi connectivity index (χ2v) is 7.23. The lowest BCUT2D eigenvalue weighted by Crippen LogP contribution is -2.33. The van der Waals surface area contributed by atoms with Crippen molar-refractivity contribution in [1.82, 2.24) is 4.72 Å². The van der Waals surface area contributed by atoms with Gasteiger partial charge >= 0.3 is 0 Å². The van der Waals surface area contributed by atoms with E-state index in [2.05, 4.69) is 10.0 Å². The molecule has 0 aliphatic carbocycles. The Morgan fingerprint density at radius 1 is 1.04 bits per heavy atom. The van der Waals surface area contributed by atoms with Gasteiger partial charge in [0.05, 0.1) is 11.4 Å². The molecular weight excluding hydrogens is 340 g/mol. The van der Waals surface area contributed by atoms with E-state index in [0.29, 0.717) is 11.3 Å². The van der Waals surface area contributed by atoms with Crippen molar-refractivity contribution in [2.45, 2.75) is 25.2 Å². The van der Waals surface area contributed by atoms with Crippen LogP contribution in [-0.4, -0.2) is 26.7 Å². The maximum absolute atomic E-state index is 12.3. The molecule has 0 heterocycles. The van der Waals surface area contributed by atoms with Gasteiger partial charge in [-0.05, 0) is 37.1 Å². The maximum Gasteiger partial charge on any atom is 0.241 e. The summed E-state index contributed by atoms with van der Waals surface area (Å²) in [6.45, 7) is 2.93. The van der Waals surface area contributed by atoms with Crippen LogP contribution in [0.25, 0.3) is 0 Å². The number of ketones is 1. The molecule has 1 amide bonds. The third-order valence-corrected chi connectivity index (χ3v) is 5.04. The molecule has 0 unspecified atom stereocenters. The van der Waals surface area contributed by atoms with Crippen LogP contribution >= 0.6 is 0 Å². The van der Waals surface area contributed by atoms with E-state index in [9.17, 15) is 18.0 Å². The Labute approximate surface area is 147 Å². The summed E-state index contributed by atoms with van der Waals surface area (Å²) in [6, 6.07) is 13.0. The summed E-state index contributed by atoms with van der Waals surface area (Å²) in [7, 11) is -3.88. The average molecular weight is 360 g/mol. The first kappa shape index (κ1) is 18.8. The molecule has 0 aliphatic heterocycles. The van der Waals surface area contributed by atoms with E-state index in [4.69, 9.17) is 0 Å². The summed E-state index contributed by atoms with van der Waals surface area (Å²) >= 11 is 0. The van der Waals surface area contributed by atoms with Gasteiger partial charge in [0.15, 0.2) is 5.78 Å². The largest absolute Gasteiger partial charge is 0.325 e. The summed E-state index contributed by atoms with van der Waals surface area (Å²) in [5, 5.41) is 2.70. The van der Waals surface area contributed by atoms with Crippen molar-refractivity contribution in [3.8, 4) is 0 Å². The molecule has 0 saturated carbocycles. The number of Topliss-reactive ketones (excluding diaryl/α,β-unsaturated/α-hetero) is 1. The second kappa shape index (κ2) is 8.04. The Morgan fingerprint density at radius 2 is 1.76 bits per heavy atom. The minimum atomic E-state index is -3.88. The Kier molecular flexibility index (Phi) is 6.06. The molecule has 25 heavy (non-hydrogen) atoms. The molecule has 7 heteroatoms. The molecule has 2 aromatic rings. The summed E-state index contributed by atoms with van der Waals surface area (Å²) < 4.78 is 26.8. The number of anilines is 1. The van der Waals surface area contributed by atoms with Crippen LogP contribution in [0, 0.1) is 0 Å². The first-order chi connectivity index (χ1) is 11.8. The van der Waals surface area contributed by atoms with Gasteiger partial charge in [-0.3, -0.25) is 9.59 Å². The molecule has 2 aromatic carbocycles. The van der Waals surface area contributed by atoms with Crippen LogP contribution in [0.3, 0.4) is 0 Å². The van der Waals surface area contributed by atoms with Gasteiger partial charge in [0.1, 0.15) is 0 Å². The number of carbonyl (C=O) groups is 2. The van der Waals surface area contributed by atoms with E-state index in [1.54, 1.807) is 12.1 Å². The van der Waals surface area contributed by atoms with Crippen molar-refractivity contribution in [2.24, 2.45) is 0 Å². The number of para-hydroxylation sites is 1. The number of benzene rings is 2. The summed E-state index contributed by atoms with van der Waals surface area (Å²) in [5.41, 5.74) is 1.92. The molecule has 0 radical (unpaired) electrons. The van der Waals surface area contributed by atoms with Gasteiger partial charge in [-0.1, -0.05) is 37.3 Å². The molecule has 0 aliphatic rings. The molecule has 0 saturated heterocycles. The van der Waals surface area contributed by atoms with Crippen molar-refractivity contribution in [3.63, 3.8) is 0 Å². The Hall–Kier alpha value is -2.51. The molecule has 0 spiro atoms. The summed E-state index contributed by atoms with van der Waals surface area (Å²) in [5.74, 6) is -0.696. The number of nitrogens with one attached hydrogen (secondary N) is 2. The number of carbonyl (C=O) groups excluding carboxylic acids is 2. The number of hydrogen-bond acceptors (Lipinski definition) is 4.